The number of hydrogen-bond donors (Lipinski definition) is 1. The number of hydrogen-bond acceptors (Lipinski definition) is 3. The van der Waals surface area contributed by atoms with Gasteiger partial charge in [0.25, 0.3) is 0 Å². The lowest BCUT2D eigenvalue weighted by atomic mass is 9.89. The van der Waals surface area contributed by atoms with Crippen molar-refractivity contribution < 1.29 is 4.74 Å². The summed E-state index contributed by atoms with van der Waals surface area (Å²) in [4.78, 5) is 4.20. The van der Waals surface area contributed by atoms with Crippen LogP contribution >= 0.6 is 0 Å². The van der Waals surface area contributed by atoms with Crippen LogP contribution in [-0.4, -0.2) is 12.1 Å². The third kappa shape index (κ3) is 2.22. The number of aryl methyl sites for hydroxylation is 1. The zero-order valence-electron chi connectivity index (χ0n) is 11.0. The van der Waals surface area contributed by atoms with Crippen LogP contribution in [0.1, 0.15) is 35.1 Å². The first-order chi connectivity index (χ1) is 9.29. The first kappa shape index (κ1) is 12.2. The van der Waals surface area contributed by atoms with Crippen LogP contribution in [0.5, 0.6) is 5.75 Å². The van der Waals surface area contributed by atoms with E-state index in [9.17, 15) is 0 Å². The fourth-order valence-electron chi connectivity index (χ4n) is 2.92. The van der Waals surface area contributed by atoms with Gasteiger partial charge in [-0.25, -0.2) is 0 Å². The molecule has 0 saturated carbocycles. The van der Waals surface area contributed by atoms with Gasteiger partial charge in [0, 0.05) is 18.2 Å². The van der Waals surface area contributed by atoms with E-state index in [0.29, 0.717) is 5.92 Å². The molecule has 1 aliphatic rings. The van der Waals surface area contributed by atoms with Crippen LogP contribution in [0.15, 0.2) is 42.7 Å². The number of nitrogens with two attached hydrogens (primary N) is 1. The van der Waals surface area contributed by atoms with Crippen molar-refractivity contribution in [2.75, 3.05) is 7.11 Å². The lowest BCUT2D eigenvalue weighted by molar-refractivity contribution is 0.411. The van der Waals surface area contributed by atoms with Gasteiger partial charge in [-0.2, -0.15) is 0 Å². The van der Waals surface area contributed by atoms with Gasteiger partial charge in [0.1, 0.15) is 5.75 Å². The van der Waals surface area contributed by atoms with Crippen LogP contribution in [-0.2, 0) is 6.42 Å². The molecule has 98 valence electrons. The predicted octanol–water partition coefficient (Wildman–Crippen LogP) is 2.82. The van der Waals surface area contributed by atoms with Crippen molar-refractivity contribution in [3.8, 4) is 5.75 Å². The van der Waals surface area contributed by atoms with Gasteiger partial charge in [-0.1, -0.05) is 24.3 Å². The van der Waals surface area contributed by atoms with Crippen LogP contribution in [0, 0.1) is 0 Å². The van der Waals surface area contributed by atoms with E-state index in [-0.39, 0.29) is 6.04 Å². The van der Waals surface area contributed by atoms with E-state index in [2.05, 4.69) is 29.2 Å². The van der Waals surface area contributed by atoms with Crippen LogP contribution in [0.25, 0.3) is 0 Å². The quantitative estimate of drug-likeness (QED) is 0.916. The summed E-state index contributed by atoms with van der Waals surface area (Å²) in [5.74, 6) is 1.14. The Balaban J connectivity index is 1.90. The molecule has 3 rings (SSSR count). The number of benzene rings is 1. The van der Waals surface area contributed by atoms with E-state index in [1.165, 1.54) is 11.1 Å². The molecule has 3 heteroatoms. The first-order valence-electron chi connectivity index (χ1n) is 6.62. The van der Waals surface area contributed by atoms with Gasteiger partial charge in [0.15, 0.2) is 0 Å². The molecule has 0 saturated heterocycles. The molecule has 0 fully saturated rings. The van der Waals surface area contributed by atoms with Gasteiger partial charge in [-0.05, 0) is 35.6 Å². The topological polar surface area (TPSA) is 48.1 Å². The highest BCUT2D eigenvalue weighted by Crippen LogP contribution is 2.40. The Hall–Kier alpha value is -1.87. The van der Waals surface area contributed by atoms with Crippen molar-refractivity contribution in [3.63, 3.8) is 0 Å². The predicted molar refractivity (Wildman–Crippen MR) is 75.2 cm³/mol. The standard InChI is InChI=1S/C16H18N2O/c1-19-13-8-12(9-18-10-13)16(17)15-7-6-11-4-2-3-5-14(11)15/h2-5,8-10,15-16H,6-7,17H2,1H3. The summed E-state index contributed by atoms with van der Waals surface area (Å²) >= 11 is 0. The van der Waals surface area contributed by atoms with E-state index >= 15 is 0 Å². The van der Waals surface area contributed by atoms with Gasteiger partial charge in [-0.15, -0.1) is 0 Å². The second-order valence-corrected chi connectivity index (χ2v) is 5.03. The molecule has 2 N–H and O–H groups in total. The first-order valence-corrected chi connectivity index (χ1v) is 6.62. The molecule has 1 heterocycles. The van der Waals surface area contributed by atoms with E-state index < -0.39 is 0 Å². The summed E-state index contributed by atoms with van der Waals surface area (Å²) in [6.07, 6.45) is 5.77. The van der Waals surface area contributed by atoms with Gasteiger partial charge < -0.3 is 10.5 Å². The van der Waals surface area contributed by atoms with Gasteiger partial charge in [0.2, 0.25) is 0 Å². The van der Waals surface area contributed by atoms with Crippen molar-refractivity contribution in [2.45, 2.75) is 24.8 Å². The second kappa shape index (κ2) is 5.02. The third-order valence-electron chi connectivity index (χ3n) is 3.97. The maximum atomic E-state index is 6.44. The zero-order chi connectivity index (χ0) is 13.2. The Kier molecular flexibility index (Phi) is 3.22. The van der Waals surface area contributed by atoms with E-state index in [4.69, 9.17) is 10.5 Å². The van der Waals surface area contributed by atoms with Crippen molar-refractivity contribution in [1.29, 1.82) is 0 Å². The fourth-order valence-corrected chi connectivity index (χ4v) is 2.92. The molecule has 0 aliphatic heterocycles. The molecule has 2 aromatic rings. The molecule has 2 unspecified atom stereocenters. The number of methoxy groups -OCH3 is 1. The number of nitrogens with zero attached hydrogens (tertiary/aromatic N) is 1. The minimum absolute atomic E-state index is 0.0220. The normalized spacial score (nSPS) is 18.9. The van der Waals surface area contributed by atoms with Crippen molar-refractivity contribution in [2.24, 2.45) is 5.73 Å². The second-order valence-electron chi connectivity index (χ2n) is 5.03. The van der Waals surface area contributed by atoms with Crippen LogP contribution in [0.2, 0.25) is 0 Å². The maximum absolute atomic E-state index is 6.44. The van der Waals surface area contributed by atoms with Crippen LogP contribution in [0.3, 0.4) is 0 Å². The number of ether oxygens (including phenoxy) is 1. The summed E-state index contributed by atoms with van der Waals surface area (Å²) in [5.41, 5.74) is 10.3. The Morgan fingerprint density at radius 3 is 3.00 bits per heavy atom. The highest BCUT2D eigenvalue weighted by molar-refractivity contribution is 5.38. The molecule has 0 bridgehead atoms. The van der Waals surface area contributed by atoms with E-state index in [0.717, 1.165) is 24.2 Å². The lowest BCUT2D eigenvalue weighted by Gasteiger charge is -2.20. The average molecular weight is 254 g/mol. The third-order valence-corrected chi connectivity index (χ3v) is 3.97. The smallest absolute Gasteiger partial charge is 0.137 e. The highest BCUT2D eigenvalue weighted by atomic mass is 16.5. The summed E-state index contributed by atoms with van der Waals surface area (Å²) in [6, 6.07) is 10.5. The molecule has 0 radical (unpaired) electrons. The molecular weight excluding hydrogens is 236 g/mol. The molecule has 1 aromatic carbocycles. The summed E-state index contributed by atoms with van der Waals surface area (Å²) in [7, 11) is 1.65. The van der Waals surface area contributed by atoms with Crippen molar-refractivity contribution >= 4 is 0 Å². The Bertz CT molecular complexity index is 582. The molecule has 1 aromatic heterocycles. The average Bonchev–Trinajstić information content (AvgIpc) is 2.90. The molecule has 1 aliphatic carbocycles. The number of aromatic nitrogens is 1. The lowest BCUT2D eigenvalue weighted by Crippen LogP contribution is -2.18. The molecule has 2 atom stereocenters. The fraction of sp³-hybridized carbons (Fsp3) is 0.312. The number of fused-ring (bicyclic) bond motifs is 1. The summed E-state index contributed by atoms with van der Waals surface area (Å²) in [5, 5.41) is 0. The summed E-state index contributed by atoms with van der Waals surface area (Å²) in [6.45, 7) is 0. The summed E-state index contributed by atoms with van der Waals surface area (Å²) < 4.78 is 5.22. The molecule has 0 amide bonds. The monoisotopic (exact) mass is 254 g/mol. The molecule has 0 spiro atoms. The number of pyridine rings is 1. The van der Waals surface area contributed by atoms with E-state index in [1.54, 1.807) is 13.3 Å². The van der Waals surface area contributed by atoms with Gasteiger partial charge in [-0.3, -0.25) is 4.98 Å². The maximum Gasteiger partial charge on any atom is 0.137 e. The highest BCUT2D eigenvalue weighted by Gasteiger charge is 2.28. The largest absolute Gasteiger partial charge is 0.495 e. The van der Waals surface area contributed by atoms with Gasteiger partial charge in [0.05, 0.1) is 13.3 Å². The Morgan fingerprint density at radius 1 is 1.32 bits per heavy atom. The van der Waals surface area contributed by atoms with E-state index in [1.807, 2.05) is 12.3 Å². The molecular formula is C16H18N2O. The van der Waals surface area contributed by atoms with Crippen LogP contribution in [0.4, 0.5) is 0 Å². The SMILES string of the molecule is COc1cncc(C(N)C2CCc3ccccc32)c1. The number of rotatable bonds is 3. The van der Waals surface area contributed by atoms with Crippen molar-refractivity contribution in [3.05, 3.63) is 59.4 Å². The minimum atomic E-state index is -0.0220. The minimum Gasteiger partial charge on any atom is -0.495 e. The molecule has 3 nitrogen and oxygen atoms in total. The Labute approximate surface area is 113 Å². The van der Waals surface area contributed by atoms with Gasteiger partial charge >= 0.3 is 0 Å². The van der Waals surface area contributed by atoms with Crippen molar-refractivity contribution in [1.82, 2.24) is 4.98 Å². The molecule has 19 heavy (non-hydrogen) atoms. The zero-order valence-corrected chi connectivity index (χ0v) is 11.0. The Morgan fingerprint density at radius 2 is 2.16 bits per heavy atom. The van der Waals surface area contributed by atoms with Crippen LogP contribution < -0.4 is 10.5 Å².